The quantitative estimate of drug-likeness (QED) is 0.499. The third kappa shape index (κ3) is 4.37. The van der Waals surface area contributed by atoms with Gasteiger partial charge >= 0.3 is 0 Å². The summed E-state index contributed by atoms with van der Waals surface area (Å²) in [7, 11) is 2.19. The van der Waals surface area contributed by atoms with Crippen LogP contribution in [0.1, 0.15) is 43.2 Å². The van der Waals surface area contributed by atoms with Gasteiger partial charge in [0.1, 0.15) is 0 Å². The van der Waals surface area contributed by atoms with Crippen molar-refractivity contribution in [3.8, 4) is 0 Å². The fourth-order valence-electron chi connectivity index (χ4n) is 5.85. The first-order valence-corrected chi connectivity index (χ1v) is 12.1. The number of hydrogen-bond donors (Lipinski definition) is 1. The number of hydrogen-bond acceptors (Lipinski definition) is 3. The van der Waals surface area contributed by atoms with Crippen LogP contribution in [0.15, 0.2) is 73.1 Å². The second kappa shape index (κ2) is 9.17. The van der Waals surface area contributed by atoms with E-state index >= 15 is 0 Å². The average molecular weight is 427 g/mol. The van der Waals surface area contributed by atoms with E-state index in [0.717, 1.165) is 45.2 Å². The summed E-state index contributed by atoms with van der Waals surface area (Å²) in [6.07, 6.45) is 12.6. The minimum absolute atomic E-state index is 0.290. The topological polar surface area (TPSA) is 36.4 Å². The Morgan fingerprint density at radius 1 is 1.00 bits per heavy atom. The molecule has 6 rings (SSSR count). The first-order chi connectivity index (χ1) is 15.6. The molecule has 1 fully saturated rings. The fraction of sp³-hybridized carbons (Fsp3) is 0.414. The molecule has 2 bridgehead atoms. The molecule has 2 aromatic carbocycles. The van der Waals surface area contributed by atoms with Crippen molar-refractivity contribution in [2.75, 3.05) is 20.1 Å². The van der Waals surface area contributed by atoms with Crippen molar-refractivity contribution in [1.82, 2.24) is 9.88 Å². The van der Waals surface area contributed by atoms with E-state index in [1.54, 1.807) is 0 Å². The zero-order chi connectivity index (χ0) is 22.0. The number of allylic oxidation sites excluding steroid dienone is 1. The zero-order valence-corrected chi connectivity index (χ0v) is 19.1. The predicted molar refractivity (Wildman–Crippen MR) is 132 cm³/mol. The van der Waals surface area contributed by atoms with E-state index in [1.165, 1.54) is 33.9 Å². The van der Waals surface area contributed by atoms with Gasteiger partial charge in [-0.25, -0.2) is 0 Å². The van der Waals surface area contributed by atoms with Gasteiger partial charge in [0.05, 0.1) is 5.60 Å². The van der Waals surface area contributed by atoms with Crippen LogP contribution in [0.3, 0.4) is 0 Å². The van der Waals surface area contributed by atoms with Crippen molar-refractivity contribution < 1.29 is 5.11 Å². The highest BCUT2D eigenvalue weighted by molar-refractivity contribution is 5.84. The van der Waals surface area contributed by atoms with Gasteiger partial charge in [-0.05, 0) is 80.1 Å². The lowest BCUT2D eigenvalue weighted by molar-refractivity contribution is -0.0574. The summed E-state index contributed by atoms with van der Waals surface area (Å²) < 4.78 is 0. The summed E-state index contributed by atoms with van der Waals surface area (Å²) >= 11 is 0. The molecule has 3 aliphatic rings. The van der Waals surface area contributed by atoms with Crippen LogP contribution in [-0.2, 0) is 6.42 Å². The summed E-state index contributed by atoms with van der Waals surface area (Å²) in [6, 6.07) is 19.2. The number of fused-ring (bicyclic) bond motifs is 3. The van der Waals surface area contributed by atoms with Crippen LogP contribution in [0.4, 0.5) is 0 Å². The molecule has 0 spiro atoms. The highest BCUT2D eigenvalue weighted by Gasteiger charge is 2.46. The lowest BCUT2D eigenvalue weighted by atomic mass is 9.61. The molecule has 1 aromatic heterocycles. The van der Waals surface area contributed by atoms with Gasteiger partial charge in [0.25, 0.3) is 0 Å². The lowest BCUT2D eigenvalue weighted by Crippen LogP contribution is -2.48. The molecule has 3 unspecified atom stereocenters. The minimum Gasteiger partial charge on any atom is -0.389 e. The average Bonchev–Trinajstić information content (AvgIpc) is 2.84. The number of benzene rings is 2. The molecule has 3 aromatic rings. The molecule has 3 nitrogen and oxygen atoms in total. The predicted octanol–water partition coefficient (Wildman–Crippen LogP) is 5.73. The highest BCUT2D eigenvalue weighted by Crippen LogP contribution is 2.51. The van der Waals surface area contributed by atoms with Crippen LogP contribution in [0.2, 0.25) is 0 Å². The Morgan fingerprint density at radius 2 is 1.81 bits per heavy atom. The van der Waals surface area contributed by atoms with Crippen molar-refractivity contribution in [1.29, 1.82) is 0 Å². The second-order valence-electron chi connectivity index (χ2n) is 9.85. The van der Waals surface area contributed by atoms with Crippen molar-refractivity contribution in [2.45, 2.75) is 44.1 Å². The molecule has 3 heteroatoms. The summed E-state index contributed by atoms with van der Waals surface area (Å²) in [6.45, 7) is 1.99. The smallest absolute Gasteiger partial charge is 0.0728 e. The van der Waals surface area contributed by atoms with E-state index in [0.29, 0.717) is 5.92 Å². The minimum atomic E-state index is -0.547. The van der Waals surface area contributed by atoms with Gasteiger partial charge < -0.3 is 10.0 Å². The maximum absolute atomic E-state index is 11.5. The fourth-order valence-corrected chi connectivity index (χ4v) is 5.85. The summed E-state index contributed by atoms with van der Waals surface area (Å²) in [5.41, 5.74) is 3.58. The Morgan fingerprint density at radius 3 is 2.62 bits per heavy atom. The normalized spacial score (nSPS) is 24.8. The van der Waals surface area contributed by atoms with E-state index in [2.05, 4.69) is 77.6 Å². The summed E-state index contributed by atoms with van der Waals surface area (Å²) in [5, 5.41) is 14.1. The molecule has 3 aliphatic carbocycles. The first kappa shape index (κ1) is 21.4. The molecule has 0 saturated heterocycles. The standard InChI is InChI=1S/C29H34N2O/c1-31(16-7-11-25-21-30-20-24-10-5-6-12-27(24)25)17-15-29(32)19-23-13-14-26(29)18-28(23)22-8-3-2-4-9-22/h2-6,8-10,12,18,20-21,23,26,32H,7,11,13-17,19H2,1H3. The molecular weight excluding hydrogens is 392 g/mol. The Balaban J connectivity index is 1.15. The lowest BCUT2D eigenvalue weighted by Gasteiger charge is -2.48. The SMILES string of the molecule is CN(CCCc1cncc2ccccc12)CCC1(O)CC2CCC1C=C2c1ccccc1. The third-order valence-electron chi connectivity index (χ3n) is 7.71. The van der Waals surface area contributed by atoms with Crippen molar-refractivity contribution >= 4 is 16.3 Å². The summed E-state index contributed by atoms with van der Waals surface area (Å²) in [5.74, 6) is 0.787. The van der Waals surface area contributed by atoms with Crippen LogP contribution in [0, 0.1) is 11.8 Å². The molecule has 1 saturated carbocycles. The van der Waals surface area contributed by atoms with Crippen LogP contribution < -0.4 is 0 Å². The number of nitrogens with zero attached hydrogens (tertiary/aromatic N) is 2. The Bertz CT molecular complexity index is 1090. The molecule has 166 valence electrons. The zero-order valence-electron chi connectivity index (χ0n) is 19.1. The number of aryl methyl sites for hydroxylation is 1. The number of rotatable bonds is 8. The van der Waals surface area contributed by atoms with E-state index in [-0.39, 0.29) is 5.92 Å². The van der Waals surface area contributed by atoms with Gasteiger partial charge in [-0.1, -0.05) is 60.7 Å². The molecule has 0 radical (unpaired) electrons. The number of pyridine rings is 1. The number of aliphatic hydroxyl groups is 1. The number of aromatic nitrogens is 1. The maximum Gasteiger partial charge on any atom is 0.0728 e. The van der Waals surface area contributed by atoms with E-state index in [4.69, 9.17) is 0 Å². The van der Waals surface area contributed by atoms with Crippen LogP contribution in [0.5, 0.6) is 0 Å². The molecule has 0 aliphatic heterocycles. The van der Waals surface area contributed by atoms with Gasteiger partial charge in [-0.15, -0.1) is 0 Å². The van der Waals surface area contributed by atoms with Gasteiger partial charge in [-0.2, -0.15) is 0 Å². The highest BCUT2D eigenvalue weighted by atomic mass is 16.3. The van der Waals surface area contributed by atoms with Gasteiger partial charge in [0, 0.05) is 30.2 Å². The molecule has 1 N–H and O–H groups in total. The monoisotopic (exact) mass is 426 g/mol. The van der Waals surface area contributed by atoms with E-state index in [9.17, 15) is 5.11 Å². The second-order valence-corrected chi connectivity index (χ2v) is 9.85. The van der Waals surface area contributed by atoms with Gasteiger partial charge in [0.15, 0.2) is 0 Å². The molecule has 1 heterocycles. The Labute approximate surface area is 191 Å². The van der Waals surface area contributed by atoms with Crippen LogP contribution in [-0.4, -0.2) is 40.7 Å². The van der Waals surface area contributed by atoms with E-state index in [1.807, 2.05) is 12.4 Å². The van der Waals surface area contributed by atoms with E-state index < -0.39 is 5.60 Å². The largest absolute Gasteiger partial charge is 0.389 e. The summed E-state index contributed by atoms with van der Waals surface area (Å²) in [4.78, 5) is 6.80. The third-order valence-corrected chi connectivity index (χ3v) is 7.71. The Hall–Kier alpha value is -2.49. The maximum atomic E-state index is 11.5. The van der Waals surface area contributed by atoms with Crippen molar-refractivity contribution in [3.63, 3.8) is 0 Å². The van der Waals surface area contributed by atoms with Crippen LogP contribution in [0.25, 0.3) is 16.3 Å². The van der Waals surface area contributed by atoms with Gasteiger partial charge in [-0.3, -0.25) is 4.98 Å². The Kier molecular flexibility index (Phi) is 6.12. The molecule has 0 amide bonds. The van der Waals surface area contributed by atoms with Crippen molar-refractivity contribution in [3.05, 3.63) is 84.2 Å². The molecule has 32 heavy (non-hydrogen) atoms. The first-order valence-electron chi connectivity index (χ1n) is 12.1. The van der Waals surface area contributed by atoms with Crippen LogP contribution >= 0.6 is 0 Å². The molecular formula is C29H34N2O. The molecule has 3 atom stereocenters. The van der Waals surface area contributed by atoms with Gasteiger partial charge in [0.2, 0.25) is 0 Å². The van der Waals surface area contributed by atoms with Crippen molar-refractivity contribution in [2.24, 2.45) is 11.8 Å².